The molecule has 0 bridgehead atoms. The van der Waals surface area contributed by atoms with Crippen LogP contribution in [0.4, 0.5) is 0 Å². The molecule has 2 nitrogen and oxygen atoms in total. The van der Waals surface area contributed by atoms with Crippen molar-refractivity contribution >= 4 is 17.5 Å². The molecule has 0 heterocycles. The van der Waals surface area contributed by atoms with E-state index in [1.54, 1.807) is 0 Å². The molecule has 1 aromatic carbocycles. The van der Waals surface area contributed by atoms with Gasteiger partial charge in [-0.2, -0.15) is 0 Å². The summed E-state index contributed by atoms with van der Waals surface area (Å²) in [5.41, 5.74) is 1.43. The van der Waals surface area contributed by atoms with Gasteiger partial charge in [0.15, 0.2) is 0 Å². The van der Waals surface area contributed by atoms with Gasteiger partial charge in [-0.15, -0.1) is 11.6 Å². The van der Waals surface area contributed by atoms with Crippen molar-refractivity contribution in [3.63, 3.8) is 0 Å². The van der Waals surface area contributed by atoms with Crippen molar-refractivity contribution in [2.75, 3.05) is 5.88 Å². The minimum Gasteiger partial charge on any atom is -0.353 e. The first-order valence-electron chi connectivity index (χ1n) is 6.70. The molecule has 0 radical (unpaired) electrons. The van der Waals surface area contributed by atoms with E-state index < -0.39 is 0 Å². The highest BCUT2D eigenvalue weighted by Crippen LogP contribution is 2.32. The zero-order valence-electron chi connectivity index (χ0n) is 10.6. The van der Waals surface area contributed by atoms with Gasteiger partial charge < -0.3 is 5.32 Å². The Labute approximate surface area is 114 Å². The zero-order chi connectivity index (χ0) is 12.8. The van der Waals surface area contributed by atoms with Crippen molar-refractivity contribution in [1.29, 1.82) is 0 Å². The second-order valence-corrected chi connectivity index (χ2v) is 5.34. The van der Waals surface area contributed by atoms with Crippen LogP contribution in [0.15, 0.2) is 30.3 Å². The van der Waals surface area contributed by atoms with Crippen LogP contribution in [0.1, 0.15) is 43.6 Å². The van der Waals surface area contributed by atoms with Crippen LogP contribution in [0.5, 0.6) is 0 Å². The molecule has 0 spiro atoms. The Hall–Kier alpha value is -1.02. The molecule has 98 valence electrons. The number of benzene rings is 1. The van der Waals surface area contributed by atoms with Crippen molar-refractivity contribution in [3.8, 4) is 0 Å². The highest BCUT2D eigenvalue weighted by molar-refractivity contribution is 6.18. The fourth-order valence-corrected chi connectivity index (χ4v) is 2.85. The molecule has 3 heteroatoms. The van der Waals surface area contributed by atoms with Crippen LogP contribution >= 0.6 is 11.6 Å². The fraction of sp³-hybridized carbons (Fsp3) is 0.533. The number of halogens is 1. The van der Waals surface area contributed by atoms with Crippen LogP contribution in [0, 0.1) is 0 Å². The van der Waals surface area contributed by atoms with Gasteiger partial charge in [0.05, 0.1) is 0 Å². The summed E-state index contributed by atoms with van der Waals surface area (Å²) >= 11 is 5.56. The Kier molecular flexibility index (Phi) is 5.06. The third kappa shape index (κ3) is 3.74. The molecule has 0 saturated heterocycles. The van der Waals surface area contributed by atoms with Crippen molar-refractivity contribution < 1.29 is 4.79 Å². The normalized spacial score (nSPS) is 23.6. The number of amides is 1. The summed E-state index contributed by atoms with van der Waals surface area (Å²) in [6, 6.07) is 11.0. The Balaban J connectivity index is 1.80. The van der Waals surface area contributed by atoms with Crippen molar-refractivity contribution in [2.45, 2.75) is 44.1 Å². The quantitative estimate of drug-likeness (QED) is 0.830. The van der Waals surface area contributed by atoms with Gasteiger partial charge in [0, 0.05) is 18.3 Å². The highest BCUT2D eigenvalue weighted by Gasteiger charge is 2.22. The summed E-state index contributed by atoms with van der Waals surface area (Å²) in [6.45, 7) is 0. The lowest BCUT2D eigenvalue weighted by Gasteiger charge is -2.29. The second kappa shape index (κ2) is 6.79. The molecular formula is C15H20ClNO. The van der Waals surface area contributed by atoms with E-state index in [0.717, 1.165) is 25.7 Å². The standard InChI is InChI=1S/C15H20ClNO/c16-11-10-15(18)17-14-8-6-13(7-9-14)12-4-2-1-3-5-12/h1-5,13-14H,6-11H2,(H,17,18). The van der Waals surface area contributed by atoms with Crippen LogP contribution < -0.4 is 5.32 Å². The summed E-state index contributed by atoms with van der Waals surface area (Å²) in [7, 11) is 0. The lowest BCUT2D eigenvalue weighted by atomic mass is 9.82. The number of carbonyl (C=O) groups excluding carboxylic acids is 1. The van der Waals surface area contributed by atoms with E-state index in [1.807, 2.05) is 0 Å². The molecule has 0 atom stereocenters. The largest absolute Gasteiger partial charge is 0.353 e. The summed E-state index contributed by atoms with van der Waals surface area (Å²) in [5.74, 6) is 1.16. The maximum absolute atomic E-state index is 11.5. The predicted molar refractivity (Wildman–Crippen MR) is 74.9 cm³/mol. The predicted octanol–water partition coefficient (Wildman–Crippen LogP) is 3.46. The molecule has 1 N–H and O–H groups in total. The van der Waals surface area contributed by atoms with E-state index in [4.69, 9.17) is 11.6 Å². The fourth-order valence-electron chi connectivity index (χ4n) is 2.68. The number of carbonyl (C=O) groups is 1. The van der Waals surface area contributed by atoms with E-state index in [1.165, 1.54) is 5.56 Å². The average Bonchev–Trinajstić information content (AvgIpc) is 2.41. The van der Waals surface area contributed by atoms with Crippen LogP contribution in [-0.4, -0.2) is 17.8 Å². The van der Waals surface area contributed by atoms with E-state index in [2.05, 4.69) is 35.6 Å². The molecule has 1 aliphatic rings. The Morgan fingerprint density at radius 1 is 1.17 bits per heavy atom. The molecule has 0 aliphatic heterocycles. The van der Waals surface area contributed by atoms with Crippen LogP contribution in [0.3, 0.4) is 0 Å². The van der Waals surface area contributed by atoms with Gasteiger partial charge >= 0.3 is 0 Å². The van der Waals surface area contributed by atoms with Gasteiger partial charge in [-0.05, 0) is 37.2 Å². The first-order valence-corrected chi connectivity index (χ1v) is 7.23. The first kappa shape index (κ1) is 13.4. The first-order chi connectivity index (χ1) is 8.79. The second-order valence-electron chi connectivity index (χ2n) is 4.97. The number of nitrogens with one attached hydrogen (secondary N) is 1. The Morgan fingerprint density at radius 2 is 1.83 bits per heavy atom. The van der Waals surface area contributed by atoms with Crippen molar-refractivity contribution in [3.05, 3.63) is 35.9 Å². The van der Waals surface area contributed by atoms with Crippen molar-refractivity contribution in [2.24, 2.45) is 0 Å². The Morgan fingerprint density at radius 3 is 2.44 bits per heavy atom. The third-order valence-electron chi connectivity index (χ3n) is 3.68. The van der Waals surface area contributed by atoms with E-state index in [-0.39, 0.29) is 5.91 Å². The SMILES string of the molecule is O=C(CCCl)NC1CCC(c2ccccc2)CC1. The highest BCUT2D eigenvalue weighted by atomic mass is 35.5. The molecule has 1 aliphatic carbocycles. The van der Waals surface area contributed by atoms with Crippen LogP contribution in [-0.2, 0) is 4.79 Å². The van der Waals surface area contributed by atoms with Crippen molar-refractivity contribution in [1.82, 2.24) is 5.32 Å². The summed E-state index contributed by atoms with van der Waals surface area (Å²) in [6.07, 6.45) is 4.91. The zero-order valence-corrected chi connectivity index (χ0v) is 11.3. The van der Waals surface area contributed by atoms with E-state index in [9.17, 15) is 4.79 Å². The summed E-state index contributed by atoms with van der Waals surface area (Å²) in [4.78, 5) is 11.5. The molecule has 1 amide bonds. The molecule has 1 aromatic rings. The molecule has 0 aromatic heterocycles. The van der Waals surface area contributed by atoms with Gasteiger partial charge in [0.1, 0.15) is 0 Å². The van der Waals surface area contributed by atoms with Gasteiger partial charge in [0.25, 0.3) is 0 Å². The number of rotatable bonds is 4. The topological polar surface area (TPSA) is 29.1 Å². The smallest absolute Gasteiger partial charge is 0.221 e. The van der Waals surface area contributed by atoms with Crippen LogP contribution in [0.25, 0.3) is 0 Å². The molecule has 18 heavy (non-hydrogen) atoms. The van der Waals surface area contributed by atoms with E-state index in [0.29, 0.717) is 24.3 Å². The maximum Gasteiger partial charge on any atom is 0.221 e. The monoisotopic (exact) mass is 265 g/mol. The lowest BCUT2D eigenvalue weighted by Crippen LogP contribution is -2.37. The van der Waals surface area contributed by atoms with Gasteiger partial charge in [-0.3, -0.25) is 4.79 Å². The van der Waals surface area contributed by atoms with Gasteiger partial charge in [-0.1, -0.05) is 30.3 Å². The van der Waals surface area contributed by atoms with Gasteiger partial charge in [0.2, 0.25) is 5.91 Å². The Bertz CT molecular complexity index is 371. The lowest BCUT2D eigenvalue weighted by molar-refractivity contribution is -0.121. The molecule has 1 saturated carbocycles. The number of hydrogen-bond donors (Lipinski definition) is 1. The third-order valence-corrected chi connectivity index (χ3v) is 3.87. The number of alkyl halides is 1. The molecule has 0 unspecified atom stereocenters. The summed E-state index contributed by atoms with van der Waals surface area (Å²) < 4.78 is 0. The van der Waals surface area contributed by atoms with Gasteiger partial charge in [-0.25, -0.2) is 0 Å². The minimum absolute atomic E-state index is 0.0909. The number of hydrogen-bond acceptors (Lipinski definition) is 1. The van der Waals surface area contributed by atoms with E-state index >= 15 is 0 Å². The minimum atomic E-state index is 0.0909. The molecular weight excluding hydrogens is 246 g/mol. The molecule has 1 fully saturated rings. The average molecular weight is 266 g/mol. The van der Waals surface area contributed by atoms with Crippen LogP contribution in [0.2, 0.25) is 0 Å². The molecule has 2 rings (SSSR count). The summed E-state index contributed by atoms with van der Waals surface area (Å²) in [5, 5.41) is 3.07. The maximum atomic E-state index is 11.5.